The molecule has 0 aliphatic carbocycles. The molecule has 0 fully saturated rings. The van der Waals surface area contributed by atoms with Crippen molar-refractivity contribution in [1.29, 1.82) is 0 Å². The molecule has 2 rings (SSSR count). The Bertz CT molecular complexity index is 974. The van der Waals surface area contributed by atoms with Crippen LogP contribution in [0.3, 0.4) is 0 Å². The topological polar surface area (TPSA) is 107 Å². The molecule has 0 unspecified atom stereocenters. The van der Waals surface area contributed by atoms with E-state index in [4.69, 9.17) is 18.9 Å². The third-order valence-electron chi connectivity index (χ3n) is 4.60. The fourth-order valence-electron chi connectivity index (χ4n) is 2.91. The molecular weight excluding hydrogens is 414 g/mol. The van der Waals surface area contributed by atoms with Gasteiger partial charge in [0.25, 0.3) is 5.91 Å². The highest BCUT2D eigenvalue weighted by atomic mass is 16.5. The summed E-state index contributed by atoms with van der Waals surface area (Å²) in [6, 6.07) is 10.5. The van der Waals surface area contributed by atoms with Gasteiger partial charge in [-0.15, -0.1) is 0 Å². The van der Waals surface area contributed by atoms with Crippen LogP contribution < -0.4 is 29.7 Å². The van der Waals surface area contributed by atoms with Gasteiger partial charge in [0.05, 0.1) is 40.4 Å². The van der Waals surface area contributed by atoms with E-state index < -0.39 is 5.91 Å². The number of nitrogens with one attached hydrogen (secondary N) is 2. The van der Waals surface area contributed by atoms with Gasteiger partial charge in [-0.1, -0.05) is 6.07 Å². The predicted octanol–water partition coefficient (Wildman–Crippen LogP) is 2.58. The summed E-state index contributed by atoms with van der Waals surface area (Å²) >= 11 is 0. The number of methoxy groups -OCH3 is 4. The monoisotopic (exact) mass is 443 g/mol. The van der Waals surface area contributed by atoms with Gasteiger partial charge in [0.2, 0.25) is 5.91 Å². The molecule has 0 atom stereocenters. The molecule has 2 amide bonds. The summed E-state index contributed by atoms with van der Waals surface area (Å²) in [7, 11) is 6.15. The first kappa shape index (κ1) is 24.5. The van der Waals surface area contributed by atoms with E-state index in [1.807, 2.05) is 18.2 Å². The number of carbonyl (C=O) groups is 2. The Labute approximate surface area is 187 Å². The zero-order chi connectivity index (χ0) is 23.5. The van der Waals surface area contributed by atoms with E-state index in [1.54, 1.807) is 39.3 Å². The van der Waals surface area contributed by atoms with E-state index in [1.165, 1.54) is 14.2 Å². The first-order valence-corrected chi connectivity index (χ1v) is 9.95. The fourth-order valence-corrected chi connectivity index (χ4v) is 2.91. The molecule has 32 heavy (non-hydrogen) atoms. The maximum Gasteiger partial charge on any atom is 0.275 e. The zero-order valence-electron chi connectivity index (χ0n) is 19.0. The van der Waals surface area contributed by atoms with Crippen LogP contribution in [0, 0.1) is 0 Å². The van der Waals surface area contributed by atoms with E-state index in [9.17, 15) is 9.59 Å². The van der Waals surface area contributed by atoms with E-state index in [-0.39, 0.29) is 12.3 Å². The van der Waals surface area contributed by atoms with Crippen LogP contribution in [0.15, 0.2) is 41.5 Å². The third-order valence-corrected chi connectivity index (χ3v) is 4.60. The van der Waals surface area contributed by atoms with E-state index >= 15 is 0 Å². The summed E-state index contributed by atoms with van der Waals surface area (Å²) < 4.78 is 20.8. The number of ether oxygens (including phenoxy) is 4. The number of benzene rings is 2. The Morgan fingerprint density at radius 1 is 0.875 bits per heavy atom. The van der Waals surface area contributed by atoms with Crippen molar-refractivity contribution in [3.8, 4) is 23.0 Å². The van der Waals surface area contributed by atoms with Gasteiger partial charge in [0.15, 0.2) is 11.5 Å². The van der Waals surface area contributed by atoms with E-state index in [0.29, 0.717) is 47.2 Å². The molecule has 0 bridgehead atoms. The van der Waals surface area contributed by atoms with Gasteiger partial charge in [-0.05, 0) is 43.2 Å². The maximum atomic E-state index is 12.4. The van der Waals surface area contributed by atoms with Gasteiger partial charge < -0.3 is 24.3 Å². The Balaban J connectivity index is 1.84. The number of carbonyl (C=O) groups excluding carboxylic acids is 2. The lowest BCUT2D eigenvalue weighted by molar-refractivity contribution is -0.119. The molecule has 2 N–H and O–H groups in total. The molecule has 0 aromatic heterocycles. The molecule has 9 nitrogen and oxygen atoms in total. The summed E-state index contributed by atoms with van der Waals surface area (Å²) in [5, 5.41) is 6.85. The van der Waals surface area contributed by atoms with Crippen LogP contribution in [-0.4, -0.2) is 52.5 Å². The molecule has 2 aromatic rings. The average Bonchev–Trinajstić information content (AvgIpc) is 2.81. The Morgan fingerprint density at radius 2 is 1.59 bits per heavy atom. The summed E-state index contributed by atoms with van der Waals surface area (Å²) in [5.74, 6) is 1.59. The minimum atomic E-state index is -0.447. The standard InChI is InChI=1S/C23H29N3O6/c1-15(25-26-23(28)18-8-7-17(29-2)14-20(18)31-4)12-22(27)24-11-10-16-6-9-19(30-3)21(13-16)32-5/h6-9,13-14H,10-12H2,1-5H3,(H,24,27)(H,26,28)/b25-15+. The highest BCUT2D eigenvalue weighted by molar-refractivity contribution is 6.01. The van der Waals surface area contributed by atoms with Gasteiger partial charge in [-0.3, -0.25) is 9.59 Å². The number of hydrogen-bond donors (Lipinski definition) is 2. The molecule has 0 saturated heterocycles. The SMILES string of the molecule is COc1ccc(C(=O)N/N=C(\C)CC(=O)NCCc2ccc(OC)c(OC)c2)c(OC)c1. The minimum Gasteiger partial charge on any atom is -0.497 e. The molecule has 0 heterocycles. The molecular formula is C23H29N3O6. The second kappa shape index (κ2) is 12.2. The van der Waals surface area contributed by atoms with Gasteiger partial charge in [-0.2, -0.15) is 5.10 Å². The van der Waals surface area contributed by atoms with Crippen molar-refractivity contribution in [3.05, 3.63) is 47.5 Å². The smallest absolute Gasteiger partial charge is 0.275 e. The maximum absolute atomic E-state index is 12.4. The van der Waals surface area contributed by atoms with Crippen LogP contribution >= 0.6 is 0 Å². The minimum absolute atomic E-state index is 0.0615. The van der Waals surface area contributed by atoms with Crippen LogP contribution in [-0.2, 0) is 11.2 Å². The van der Waals surface area contributed by atoms with Crippen molar-refractivity contribution < 1.29 is 28.5 Å². The van der Waals surface area contributed by atoms with Crippen molar-refractivity contribution in [3.63, 3.8) is 0 Å². The van der Waals surface area contributed by atoms with Crippen molar-refractivity contribution >= 4 is 17.5 Å². The number of nitrogens with zero attached hydrogens (tertiary/aromatic N) is 1. The van der Waals surface area contributed by atoms with Gasteiger partial charge in [0.1, 0.15) is 11.5 Å². The first-order chi connectivity index (χ1) is 15.4. The summed E-state index contributed by atoms with van der Waals surface area (Å²) in [4.78, 5) is 24.6. The average molecular weight is 444 g/mol. The molecule has 172 valence electrons. The third kappa shape index (κ3) is 6.90. The zero-order valence-corrected chi connectivity index (χ0v) is 19.0. The lowest BCUT2D eigenvalue weighted by Gasteiger charge is -2.10. The predicted molar refractivity (Wildman–Crippen MR) is 121 cm³/mol. The first-order valence-electron chi connectivity index (χ1n) is 9.95. The van der Waals surface area contributed by atoms with Crippen molar-refractivity contribution in [2.45, 2.75) is 19.8 Å². The van der Waals surface area contributed by atoms with E-state index in [2.05, 4.69) is 15.8 Å². The van der Waals surface area contributed by atoms with Crippen molar-refractivity contribution in [1.82, 2.24) is 10.7 Å². The highest BCUT2D eigenvalue weighted by Gasteiger charge is 2.13. The molecule has 0 saturated carbocycles. The second-order valence-corrected chi connectivity index (χ2v) is 6.82. The Hall–Kier alpha value is -3.75. The fraction of sp³-hybridized carbons (Fsp3) is 0.348. The van der Waals surface area contributed by atoms with Crippen molar-refractivity contribution in [2.24, 2.45) is 5.10 Å². The number of hydrazone groups is 1. The van der Waals surface area contributed by atoms with Crippen LogP contribution in [0.1, 0.15) is 29.3 Å². The molecule has 9 heteroatoms. The molecule has 0 aliphatic heterocycles. The van der Waals surface area contributed by atoms with Crippen LogP contribution in [0.4, 0.5) is 0 Å². The van der Waals surface area contributed by atoms with Crippen LogP contribution in [0.5, 0.6) is 23.0 Å². The molecule has 0 radical (unpaired) electrons. The van der Waals surface area contributed by atoms with Crippen molar-refractivity contribution in [2.75, 3.05) is 35.0 Å². The Kier molecular flexibility index (Phi) is 9.34. The van der Waals surface area contributed by atoms with E-state index in [0.717, 1.165) is 5.56 Å². The quantitative estimate of drug-likeness (QED) is 0.408. The number of hydrogen-bond acceptors (Lipinski definition) is 7. The van der Waals surface area contributed by atoms with Gasteiger partial charge >= 0.3 is 0 Å². The molecule has 2 aromatic carbocycles. The lowest BCUT2D eigenvalue weighted by atomic mass is 10.1. The summed E-state index contributed by atoms with van der Waals surface area (Å²) in [6.07, 6.45) is 0.697. The molecule has 0 aliphatic rings. The second-order valence-electron chi connectivity index (χ2n) is 6.82. The molecule has 0 spiro atoms. The van der Waals surface area contributed by atoms with Gasteiger partial charge in [0, 0.05) is 18.3 Å². The number of rotatable bonds is 11. The van der Waals surface area contributed by atoms with Crippen LogP contribution in [0.25, 0.3) is 0 Å². The number of amides is 2. The summed E-state index contributed by atoms with van der Waals surface area (Å²) in [5.41, 5.74) is 4.23. The largest absolute Gasteiger partial charge is 0.497 e. The Morgan fingerprint density at radius 3 is 2.25 bits per heavy atom. The van der Waals surface area contributed by atoms with Gasteiger partial charge in [-0.25, -0.2) is 5.43 Å². The summed E-state index contributed by atoms with van der Waals surface area (Å²) in [6.45, 7) is 2.12. The highest BCUT2D eigenvalue weighted by Crippen LogP contribution is 2.27. The lowest BCUT2D eigenvalue weighted by Crippen LogP contribution is -2.28. The van der Waals surface area contributed by atoms with Crippen LogP contribution in [0.2, 0.25) is 0 Å². The normalized spacial score (nSPS) is 10.8.